The van der Waals surface area contributed by atoms with E-state index in [0.717, 1.165) is 12.8 Å². The van der Waals surface area contributed by atoms with E-state index in [-0.39, 0.29) is 11.5 Å². The Balaban J connectivity index is 0.000000625. The molecule has 1 aliphatic heterocycles. The summed E-state index contributed by atoms with van der Waals surface area (Å²) in [7, 11) is -3.57. The molecule has 1 saturated heterocycles. The minimum Gasteiger partial charge on any atom is -0.317 e. The van der Waals surface area contributed by atoms with Gasteiger partial charge < -0.3 is 5.32 Å². The SMILES string of the molecule is C1CCNC1.CCCCCCCCCCCCOS(=O)(=O)c1ccccc1. The molecule has 156 valence electrons. The Morgan fingerprint density at radius 1 is 0.815 bits per heavy atom. The molecule has 1 aromatic carbocycles. The second-order valence-corrected chi connectivity index (χ2v) is 8.84. The molecule has 1 aromatic rings. The highest BCUT2D eigenvalue weighted by atomic mass is 32.2. The van der Waals surface area contributed by atoms with Gasteiger partial charge in [-0.1, -0.05) is 82.9 Å². The van der Waals surface area contributed by atoms with E-state index in [1.807, 2.05) is 0 Å². The average molecular weight is 398 g/mol. The van der Waals surface area contributed by atoms with Crippen molar-refractivity contribution in [3.8, 4) is 0 Å². The Morgan fingerprint density at radius 3 is 1.81 bits per heavy atom. The lowest BCUT2D eigenvalue weighted by atomic mass is 10.1. The van der Waals surface area contributed by atoms with Gasteiger partial charge in [0.25, 0.3) is 10.1 Å². The summed E-state index contributed by atoms with van der Waals surface area (Å²) in [6, 6.07) is 8.33. The van der Waals surface area contributed by atoms with E-state index in [1.54, 1.807) is 30.3 Å². The maximum Gasteiger partial charge on any atom is 0.296 e. The van der Waals surface area contributed by atoms with E-state index in [9.17, 15) is 8.42 Å². The molecule has 0 unspecified atom stereocenters. The third-order valence-electron chi connectivity index (χ3n) is 4.73. The van der Waals surface area contributed by atoms with Crippen LogP contribution in [0.3, 0.4) is 0 Å². The van der Waals surface area contributed by atoms with Crippen molar-refractivity contribution >= 4 is 10.1 Å². The number of unbranched alkanes of at least 4 members (excludes halogenated alkanes) is 9. The van der Waals surface area contributed by atoms with Gasteiger partial charge >= 0.3 is 0 Å². The van der Waals surface area contributed by atoms with Crippen LogP contribution in [0.25, 0.3) is 0 Å². The monoisotopic (exact) mass is 397 g/mol. The van der Waals surface area contributed by atoms with Crippen molar-refractivity contribution in [3.63, 3.8) is 0 Å². The van der Waals surface area contributed by atoms with Gasteiger partial charge in [0.1, 0.15) is 0 Å². The topological polar surface area (TPSA) is 55.4 Å². The molecule has 0 atom stereocenters. The summed E-state index contributed by atoms with van der Waals surface area (Å²) < 4.78 is 28.8. The van der Waals surface area contributed by atoms with Crippen LogP contribution >= 0.6 is 0 Å². The molecular weight excluding hydrogens is 358 g/mol. The highest BCUT2D eigenvalue weighted by Gasteiger charge is 2.13. The summed E-state index contributed by atoms with van der Waals surface area (Å²) in [5, 5.41) is 3.22. The Morgan fingerprint density at radius 2 is 1.33 bits per heavy atom. The molecule has 27 heavy (non-hydrogen) atoms. The predicted octanol–water partition coefficient (Wildman–Crippen LogP) is 5.68. The van der Waals surface area contributed by atoms with Crippen molar-refractivity contribution in [3.05, 3.63) is 30.3 Å². The van der Waals surface area contributed by atoms with Crippen LogP contribution in [0.4, 0.5) is 0 Å². The van der Waals surface area contributed by atoms with Gasteiger partial charge in [0.2, 0.25) is 0 Å². The first-order chi connectivity index (χ1) is 13.2. The minimum atomic E-state index is -3.57. The number of rotatable bonds is 13. The van der Waals surface area contributed by atoms with E-state index >= 15 is 0 Å². The molecule has 0 radical (unpaired) electrons. The van der Waals surface area contributed by atoms with Crippen molar-refractivity contribution in [2.75, 3.05) is 19.7 Å². The van der Waals surface area contributed by atoms with E-state index in [2.05, 4.69) is 12.2 Å². The zero-order valence-corrected chi connectivity index (χ0v) is 17.9. The zero-order chi connectivity index (χ0) is 19.6. The Hall–Kier alpha value is -0.910. The Kier molecular flexibility index (Phi) is 14.4. The molecule has 4 nitrogen and oxygen atoms in total. The molecule has 1 N–H and O–H groups in total. The number of hydrogen-bond donors (Lipinski definition) is 1. The van der Waals surface area contributed by atoms with Crippen molar-refractivity contribution in [2.45, 2.75) is 88.9 Å². The largest absolute Gasteiger partial charge is 0.317 e. The molecule has 0 saturated carbocycles. The van der Waals surface area contributed by atoms with Crippen molar-refractivity contribution in [1.29, 1.82) is 0 Å². The maximum atomic E-state index is 11.9. The number of benzene rings is 1. The lowest BCUT2D eigenvalue weighted by Gasteiger charge is -2.05. The maximum absolute atomic E-state index is 11.9. The Labute approximate surface area is 167 Å². The van der Waals surface area contributed by atoms with E-state index in [1.165, 1.54) is 77.3 Å². The molecule has 0 aliphatic carbocycles. The number of nitrogens with one attached hydrogen (secondary N) is 1. The van der Waals surface area contributed by atoms with Gasteiger partial charge in [0.05, 0.1) is 11.5 Å². The van der Waals surface area contributed by atoms with E-state index in [0.29, 0.717) is 0 Å². The summed E-state index contributed by atoms with van der Waals surface area (Å²) in [4.78, 5) is 0.238. The van der Waals surface area contributed by atoms with Crippen LogP contribution < -0.4 is 5.32 Å². The third-order valence-corrected chi connectivity index (χ3v) is 6.05. The highest BCUT2D eigenvalue weighted by molar-refractivity contribution is 7.86. The first-order valence-corrected chi connectivity index (χ1v) is 12.2. The summed E-state index contributed by atoms with van der Waals surface area (Å²) in [6.45, 7) is 5.02. The Bertz CT molecular complexity index is 534. The van der Waals surface area contributed by atoms with Crippen molar-refractivity contribution in [1.82, 2.24) is 5.32 Å². The fourth-order valence-corrected chi connectivity index (χ4v) is 4.00. The fraction of sp³-hybridized carbons (Fsp3) is 0.727. The molecule has 0 aromatic heterocycles. The van der Waals surface area contributed by atoms with Gasteiger partial charge in [-0.15, -0.1) is 0 Å². The van der Waals surface area contributed by atoms with Gasteiger partial charge in [-0.2, -0.15) is 8.42 Å². The molecule has 2 rings (SSSR count). The summed E-state index contributed by atoms with van der Waals surface area (Å²) in [5.41, 5.74) is 0. The molecular formula is C22H39NO3S. The average Bonchev–Trinajstić information content (AvgIpc) is 3.27. The first kappa shape index (κ1) is 24.1. The van der Waals surface area contributed by atoms with Crippen LogP contribution in [-0.4, -0.2) is 28.1 Å². The third kappa shape index (κ3) is 13.0. The van der Waals surface area contributed by atoms with Gasteiger partial charge in [-0.05, 0) is 44.5 Å². The molecule has 1 aliphatic rings. The molecule has 1 fully saturated rings. The van der Waals surface area contributed by atoms with Crippen molar-refractivity contribution in [2.24, 2.45) is 0 Å². The molecule has 0 amide bonds. The predicted molar refractivity (Wildman–Crippen MR) is 114 cm³/mol. The standard InChI is InChI=1S/C18H30O3S.C4H9N/c1-2-3-4-5-6-7-8-9-10-14-17-21-22(19,20)18-15-12-11-13-16-18;1-2-4-5-3-1/h11-13,15-16H,2-10,14,17H2,1H3;5H,1-4H2. The van der Waals surface area contributed by atoms with Gasteiger partial charge in [-0.25, -0.2) is 0 Å². The quantitative estimate of drug-likeness (QED) is 0.343. The van der Waals surface area contributed by atoms with Gasteiger partial charge in [0.15, 0.2) is 0 Å². The van der Waals surface area contributed by atoms with Crippen LogP contribution in [0.15, 0.2) is 35.2 Å². The van der Waals surface area contributed by atoms with Crippen LogP contribution in [0.5, 0.6) is 0 Å². The van der Waals surface area contributed by atoms with Crippen LogP contribution in [-0.2, 0) is 14.3 Å². The van der Waals surface area contributed by atoms with Crippen molar-refractivity contribution < 1.29 is 12.6 Å². The van der Waals surface area contributed by atoms with E-state index < -0.39 is 10.1 Å². The molecule has 0 bridgehead atoms. The minimum absolute atomic E-state index is 0.238. The summed E-state index contributed by atoms with van der Waals surface area (Å²) in [5.74, 6) is 0. The van der Waals surface area contributed by atoms with Crippen LogP contribution in [0.2, 0.25) is 0 Å². The lowest BCUT2D eigenvalue weighted by molar-refractivity contribution is 0.306. The normalized spacial score (nSPS) is 14.0. The lowest BCUT2D eigenvalue weighted by Crippen LogP contribution is -2.07. The molecule has 1 heterocycles. The van der Waals surface area contributed by atoms with Gasteiger partial charge in [-0.3, -0.25) is 4.18 Å². The smallest absolute Gasteiger partial charge is 0.296 e. The summed E-state index contributed by atoms with van der Waals surface area (Å²) >= 11 is 0. The fourth-order valence-electron chi connectivity index (χ4n) is 3.04. The molecule has 0 spiro atoms. The van der Waals surface area contributed by atoms with E-state index in [4.69, 9.17) is 4.18 Å². The zero-order valence-electron chi connectivity index (χ0n) is 17.1. The second kappa shape index (κ2) is 16.1. The number of hydrogen-bond acceptors (Lipinski definition) is 4. The highest BCUT2D eigenvalue weighted by Crippen LogP contribution is 2.13. The molecule has 5 heteroatoms. The van der Waals surface area contributed by atoms with Gasteiger partial charge in [0, 0.05) is 0 Å². The van der Waals surface area contributed by atoms with Crippen LogP contribution in [0.1, 0.15) is 84.0 Å². The first-order valence-electron chi connectivity index (χ1n) is 10.8. The van der Waals surface area contributed by atoms with Crippen LogP contribution in [0, 0.1) is 0 Å². The second-order valence-electron chi connectivity index (χ2n) is 7.23. The summed E-state index contributed by atoms with van der Waals surface area (Å²) in [6.07, 6.45) is 15.0.